The van der Waals surface area contributed by atoms with E-state index in [0.29, 0.717) is 6.61 Å². The van der Waals surface area contributed by atoms with Crippen LogP contribution in [0, 0.1) is 0 Å². The standard InChI is InChI=1S/C24H23N3O3/c1-3-29-18-11-9-16(10-12-18)24-27-21(14-20(26-27)17-6-5-13-25-15-17)19-7-4-8-22(28-2)23(19)30-24/h4-15,21,24,26H,3H2,1-2H3. The summed E-state index contributed by atoms with van der Waals surface area (Å²) in [5.74, 6) is 2.34. The van der Waals surface area contributed by atoms with Crippen molar-refractivity contribution in [2.45, 2.75) is 19.2 Å². The molecule has 0 saturated carbocycles. The lowest BCUT2D eigenvalue weighted by molar-refractivity contribution is -0.0343. The summed E-state index contributed by atoms with van der Waals surface area (Å²) in [4.78, 5) is 4.26. The van der Waals surface area contributed by atoms with Gasteiger partial charge in [0.05, 0.1) is 25.5 Å². The topological polar surface area (TPSA) is 55.9 Å². The van der Waals surface area contributed by atoms with E-state index in [1.54, 1.807) is 13.3 Å². The Morgan fingerprint density at radius 2 is 1.97 bits per heavy atom. The van der Waals surface area contributed by atoms with E-state index < -0.39 is 0 Å². The Morgan fingerprint density at radius 3 is 2.70 bits per heavy atom. The zero-order valence-corrected chi connectivity index (χ0v) is 16.9. The first kappa shape index (κ1) is 18.5. The van der Waals surface area contributed by atoms with Gasteiger partial charge in [-0.15, -0.1) is 0 Å². The number of aromatic nitrogens is 1. The first-order valence-electron chi connectivity index (χ1n) is 10.0. The summed E-state index contributed by atoms with van der Waals surface area (Å²) in [6.07, 6.45) is 5.51. The van der Waals surface area contributed by atoms with E-state index in [1.165, 1.54) is 0 Å². The van der Waals surface area contributed by atoms with Gasteiger partial charge >= 0.3 is 0 Å². The maximum absolute atomic E-state index is 6.49. The fourth-order valence-corrected chi connectivity index (χ4v) is 3.96. The molecule has 2 aliphatic heterocycles. The molecule has 2 unspecified atom stereocenters. The fourth-order valence-electron chi connectivity index (χ4n) is 3.96. The summed E-state index contributed by atoms with van der Waals surface area (Å²) in [6, 6.07) is 18.0. The first-order chi connectivity index (χ1) is 14.8. The van der Waals surface area contributed by atoms with Crippen LogP contribution in [-0.4, -0.2) is 23.7 Å². The number of nitrogens with one attached hydrogen (secondary N) is 1. The number of methoxy groups -OCH3 is 1. The molecule has 0 fully saturated rings. The molecule has 2 atom stereocenters. The maximum atomic E-state index is 6.49. The van der Waals surface area contributed by atoms with Crippen molar-refractivity contribution in [1.82, 2.24) is 15.4 Å². The zero-order valence-electron chi connectivity index (χ0n) is 16.9. The van der Waals surface area contributed by atoms with Gasteiger partial charge in [0.2, 0.25) is 0 Å². The molecule has 6 nitrogen and oxygen atoms in total. The third-order valence-electron chi connectivity index (χ3n) is 5.35. The van der Waals surface area contributed by atoms with Gasteiger partial charge in [-0.2, -0.15) is 5.01 Å². The van der Waals surface area contributed by atoms with Crippen LogP contribution in [0.15, 0.2) is 73.1 Å². The van der Waals surface area contributed by atoms with E-state index >= 15 is 0 Å². The molecule has 2 aromatic carbocycles. The van der Waals surface area contributed by atoms with Gasteiger partial charge in [0, 0.05) is 29.1 Å². The Balaban J connectivity index is 1.57. The highest BCUT2D eigenvalue weighted by Crippen LogP contribution is 2.49. The highest BCUT2D eigenvalue weighted by Gasteiger charge is 2.41. The Hall–Kier alpha value is -3.51. The number of hydrogen-bond donors (Lipinski definition) is 1. The van der Waals surface area contributed by atoms with Crippen LogP contribution in [0.1, 0.15) is 35.9 Å². The molecule has 0 radical (unpaired) electrons. The summed E-state index contributed by atoms with van der Waals surface area (Å²) < 4.78 is 17.7. The number of rotatable bonds is 5. The number of ether oxygens (including phenoxy) is 3. The van der Waals surface area contributed by atoms with Crippen LogP contribution in [0.5, 0.6) is 17.2 Å². The van der Waals surface area contributed by atoms with Gasteiger partial charge < -0.3 is 19.6 Å². The highest BCUT2D eigenvalue weighted by atomic mass is 16.5. The second-order valence-electron chi connectivity index (χ2n) is 7.14. The average molecular weight is 401 g/mol. The van der Waals surface area contributed by atoms with E-state index in [2.05, 4.69) is 27.6 Å². The lowest BCUT2D eigenvalue weighted by atomic mass is 10.0. The normalized spacial score (nSPS) is 19.7. The van der Waals surface area contributed by atoms with E-state index in [1.807, 2.05) is 61.7 Å². The monoisotopic (exact) mass is 401 g/mol. The molecule has 0 bridgehead atoms. The number of pyridine rings is 1. The van der Waals surface area contributed by atoms with Crippen LogP contribution >= 0.6 is 0 Å². The predicted molar refractivity (Wildman–Crippen MR) is 114 cm³/mol. The number of benzene rings is 2. The van der Waals surface area contributed by atoms with Crippen LogP contribution in [0.2, 0.25) is 0 Å². The van der Waals surface area contributed by atoms with E-state index in [-0.39, 0.29) is 12.3 Å². The van der Waals surface area contributed by atoms with E-state index in [0.717, 1.165) is 39.6 Å². The summed E-state index contributed by atoms with van der Waals surface area (Å²) >= 11 is 0. The summed E-state index contributed by atoms with van der Waals surface area (Å²) in [6.45, 7) is 2.61. The minimum absolute atomic E-state index is 0.00405. The molecule has 6 heteroatoms. The molecule has 30 heavy (non-hydrogen) atoms. The SMILES string of the molecule is CCOc1ccc(C2Oc3c(OC)cccc3C3C=C(c4cccnc4)NN32)cc1. The minimum atomic E-state index is -0.333. The van der Waals surface area contributed by atoms with Crippen molar-refractivity contribution in [1.29, 1.82) is 0 Å². The molecule has 2 aliphatic rings. The fraction of sp³-hybridized carbons (Fsp3) is 0.208. The van der Waals surface area contributed by atoms with Crippen molar-refractivity contribution in [2.24, 2.45) is 0 Å². The van der Waals surface area contributed by atoms with Gasteiger partial charge in [0.1, 0.15) is 5.75 Å². The molecule has 0 amide bonds. The molecular weight excluding hydrogens is 378 g/mol. The Labute approximate surface area is 175 Å². The average Bonchev–Trinajstić information content (AvgIpc) is 3.25. The summed E-state index contributed by atoms with van der Waals surface area (Å²) in [5, 5.41) is 2.12. The van der Waals surface area contributed by atoms with Crippen molar-refractivity contribution >= 4 is 5.70 Å². The van der Waals surface area contributed by atoms with Gasteiger partial charge in [0.15, 0.2) is 17.7 Å². The first-order valence-corrected chi connectivity index (χ1v) is 10.0. The largest absolute Gasteiger partial charge is 0.494 e. The minimum Gasteiger partial charge on any atom is -0.494 e. The van der Waals surface area contributed by atoms with Gasteiger partial charge in [-0.3, -0.25) is 4.98 Å². The second-order valence-corrected chi connectivity index (χ2v) is 7.14. The number of fused-ring (bicyclic) bond motifs is 3. The van der Waals surface area contributed by atoms with Gasteiger partial charge in [-0.1, -0.05) is 24.3 Å². The van der Waals surface area contributed by atoms with Crippen LogP contribution in [0.25, 0.3) is 5.70 Å². The summed E-state index contributed by atoms with van der Waals surface area (Å²) in [5.41, 5.74) is 7.65. The summed E-state index contributed by atoms with van der Waals surface area (Å²) in [7, 11) is 1.67. The van der Waals surface area contributed by atoms with E-state index in [9.17, 15) is 0 Å². The molecule has 5 rings (SSSR count). The van der Waals surface area contributed by atoms with Crippen molar-refractivity contribution in [3.63, 3.8) is 0 Å². The number of hydrazine groups is 1. The van der Waals surface area contributed by atoms with Crippen molar-refractivity contribution < 1.29 is 14.2 Å². The molecule has 152 valence electrons. The van der Waals surface area contributed by atoms with Crippen molar-refractivity contribution in [2.75, 3.05) is 13.7 Å². The highest BCUT2D eigenvalue weighted by molar-refractivity contribution is 5.67. The smallest absolute Gasteiger partial charge is 0.196 e. The number of para-hydroxylation sites is 1. The number of nitrogens with zero attached hydrogens (tertiary/aromatic N) is 2. The second kappa shape index (κ2) is 7.72. The number of hydrogen-bond acceptors (Lipinski definition) is 6. The van der Waals surface area contributed by atoms with Crippen LogP contribution in [0.4, 0.5) is 0 Å². The quantitative estimate of drug-likeness (QED) is 0.680. The third kappa shape index (κ3) is 3.15. The molecule has 3 aromatic rings. The van der Waals surface area contributed by atoms with Gasteiger partial charge in [0.25, 0.3) is 0 Å². The predicted octanol–water partition coefficient (Wildman–Crippen LogP) is 4.48. The van der Waals surface area contributed by atoms with Gasteiger partial charge in [-0.25, -0.2) is 0 Å². The lowest BCUT2D eigenvalue weighted by Gasteiger charge is -2.39. The van der Waals surface area contributed by atoms with Crippen molar-refractivity contribution in [3.8, 4) is 17.2 Å². The maximum Gasteiger partial charge on any atom is 0.196 e. The molecule has 0 spiro atoms. The Bertz CT molecular complexity index is 1070. The third-order valence-corrected chi connectivity index (χ3v) is 5.35. The molecule has 1 aromatic heterocycles. The van der Waals surface area contributed by atoms with E-state index in [4.69, 9.17) is 14.2 Å². The van der Waals surface area contributed by atoms with Crippen molar-refractivity contribution in [3.05, 3.63) is 89.8 Å². The van der Waals surface area contributed by atoms with Gasteiger partial charge in [-0.05, 0) is 43.3 Å². The molecule has 0 saturated heterocycles. The van der Waals surface area contributed by atoms with Crippen LogP contribution < -0.4 is 19.6 Å². The molecule has 1 N–H and O–H groups in total. The Kier molecular flexibility index (Phi) is 4.77. The molecule has 0 aliphatic carbocycles. The Morgan fingerprint density at radius 1 is 1.10 bits per heavy atom. The zero-order chi connectivity index (χ0) is 20.5. The molecule has 3 heterocycles. The lowest BCUT2D eigenvalue weighted by Crippen LogP contribution is -2.43. The molecular formula is C24H23N3O3. The van der Waals surface area contributed by atoms with Crippen LogP contribution in [-0.2, 0) is 0 Å². The van der Waals surface area contributed by atoms with Crippen LogP contribution in [0.3, 0.4) is 0 Å².